The number of nitrogens with one attached hydrogen (secondary N) is 1. The Bertz CT molecular complexity index is 364. The zero-order valence-electron chi connectivity index (χ0n) is 11.4. The van der Waals surface area contributed by atoms with Crippen molar-refractivity contribution in [1.29, 1.82) is 0 Å². The fraction of sp³-hybridized carbons (Fsp3) is 0.714. The molecule has 0 radical (unpaired) electrons. The van der Waals surface area contributed by atoms with Crippen LogP contribution in [0.25, 0.3) is 0 Å². The van der Waals surface area contributed by atoms with Crippen molar-refractivity contribution in [1.82, 2.24) is 15.3 Å². The minimum Gasteiger partial charge on any atom is -0.313 e. The molecule has 0 amide bonds. The minimum absolute atomic E-state index is 0.617. The molecule has 0 aliphatic heterocycles. The summed E-state index contributed by atoms with van der Waals surface area (Å²) in [6, 6.07) is 2.56. The summed E-state index contributed by atoms with van der Waals surface area (Å²) in [5.74, 6) is 1.93. The van der Waals surface area contributed by atoms with E-state index >= 15 is 0 Å². The van der Waals surface area contributed by atoms with Gasteiger partial charge < -0.3 is 5.32 Å². The van der Waals surface area contributed by atoms with E-state index in [1.165, 1.54) is 25.7 Å². The zero-order valence-corrected chi connectivity index (χ0v) is 12.2. The highest BCUT2D eigenvalue weighted by atomic mass is 32.2. The predicted molar refractivity (Wildman–Crippen MR) is 76.9 cm³/mol. The van der Waals surface area contributed by atoms with Crippen LogP contribution in [0.2, 0.25) is 0 Å². The molecule has 0 saturated heterocycles. The van der Waals surface area contributed by atoms with E-state index in [0.29, 0.717) is 6.04 Å². The van der Waals surface area contributed by atoms with Gasteiger partial charge in [-0.3, -0.25) is 0 Å². The van der Waals surface area contributed by atoms with Gasteiger partial charge >= 0.3 is 0 Å². The average molecular weight is 265 g/mol. The van der Waals surface area contributed by atoms with Crippen LogP contribution < -0.4 is 5.32 Å². The molecule has 1 heterocycles. The van der Waals surface area contributed by atoms with E-state index in [-0.39, 0.29) is 0 Å². The third-order valence-corrected chi connectivity index (χ3v) is 4.58. The van der Waals surface area contributed by atoms with Crippen LogP contribution in [0.4, 0.5) is 0 Å². The van der Waals surface area contributed by atoms with Crippen LogP contribution in [0.15, 0.2) is 17.4 Å². The predicted octanol–water partition coefficient (Wildman–Crippen LogP) is 3.05. The molecule has 2 rings (SSSR count). The topological polar surface area (TPSA) is 37.8 Å². The number of hydrogen-bond acceptors (Lipinski definition) is 4. The number of nitrogens with zero attached hydrogens (tertiary/aromatic N) is 2. The number of rotatable bonds is 6. The first-order chi connectivity index (χ1) is 8.79. The molecule has 1 unspecified atom stereocenters. The van der Waals surface area contributed by atoms with E-state index in [9.17, 15) is 0 Å². The lowest BCUT2D eigenvalue weighted by molar-refractivity contribution is 0.394. The Morgan fingerprint density at radius 1 is 1.44 bits per heavy atom. The van der Waals surface area contributed by atoms with Gasteiger partial charge in [0.05, 0.1) is 0 Å². The lowest BCUT2D eigenvalue weighted by atomic mass is 10.00. The molecule has 1 aliphatic carbocycles. The fourth-order valence-corrected chi connectivity index (χ4v) is 3.71. The third-order valence-electron chi connectivity index (χ3n) is 3.60. The molecule has 1 aromatic heterocycles. The Morgan fingerprint density at radius 2 is 2.22 bits per heavy atom. The van der Waals surface area contributed by atoms with E-state index in [4.69, 9.17) is 0 Å². The van der Waals surface area contributed by atoms with Gasteiger partial charge in [-0.1, -0.05) is 31.5 Å². The van der Waals surface area contributed by atoms with Crippen LogP contribution in [-0.4, -0.2) is 28.3 Å². The van der Waals surface area contributed by atoms with Crippen LogP contribution >= 0.6 is 11.8 Å². The zero-order chi connectivity index (χ0) is 12.8. The quantitative estimate of drug-likeness (QED) is 0.634. The second-order valence-electron chi connectivity index (χ2n) is 5.00. The fourth-order valence-electron chi connectivity index (χ4n) is 2.64. The normalized spacial score (nSPS) is 18.1. The minimum atomic E-state index is 0.617. The molecule has 3 nitrogen and oxygen atoms in total. The first kappa shape index (κ1) is 13.8. The van der Waals surface area contributed by atoms with Crippen molar-refractivity contribution in [2.45, 2.75) is 50.7 Å². The molecule has 1 saturated carbocycles. The molecule has 1 N–H and O–H groups in total. The summed E-state index contributed by atoms with van der Waals surface area (Å²) in [5.41, 5.74) is 1.05. The molecular weight excluding hydrogens is 242 g/mol. The van der Waals surface area contributed by atoms with E-state index in [1.807, 2.05) is 19.2 Å². The first-order valence-corrected chi connectivity index (χ1v) is 7.94. The van der Waals surface area contributed by atoms with E-state index in [2.05, 4.69) is 22.2 Å². The van der Waals surface area contributed by atoms with Gasteiger partial charge in [0.25, 0.3) is 0 Å². The lowest BCUT2D eigenvalue weighted by Crippen LogP contribution is -2.37. The SMILES string of the molecule is CCNC(CSc1nccc(C)n1)C1CCCC1. The highest BCUT2D eigenvalue weighted by molar-refractivity contribution is 7.99. The third kappa shape index (κ3) is 3.95. The molecule has 100 valence electrons. The Labute approximate surface area is 114 Å². The summed E-state index contributed by atoms with van der Waals surface area (Å²) in [4.78, 5) is 8.78. The highest BCUT2D eigenvalue weighted by Gasteiger charge is 2.24. The van der Waals surface area contributed by atoms with E-state index < -0.39 is 0 Å². The van der Waals surface area contributed by atoms with E-state index in [0.717, 1.165) is 29.1 Å². The Kier molecular flexibility index (Phi) is 5.45. The highest BCUT2D eigenvalue weighted by Crippen LogP contribution is 2.30. The van der Waals surface area contributed by atoms with Gasteiger partial charge in [-0.2, -0.15) is 0 Å². The summed E-state index contributed by atoms with van der Waals surface area (Å²) in [6.07, 6.45) is 7.42. The maximum Gasteiger partial charge on any atom is 0.187 e. The van der Waals surface area contributed by atoms with Crippen LogP contribution in [0.3, 0.4) is 0 Å². The average Bonchev–Trinajstić information content (AvgIpc) is 2.88. The van der Waals surface area contributed by atoms with Gasteiger partial charge in [0, 0.05) is 23.7 Å². The summed E-state index contributed by atoms with van der Waals surface area (Å²) in [5, 5.41) is 4.55. The van der Waals surface area contributed by atoms with Gasteiger partial charge in [-0.15, -0.1) is 0 Å². The van der Waals surface area contributed by atoms with E-state index in [1.54, 1.807) is 11.8 Å². The molecule has 1 fully saturated rings. The van der Waals surface area contributed by atoms with Gasteiger partial charge in [-0.25, -0.2) is 9.97 Å². The maximum atomic E-state index is 4.46. The van der Waals surface area contributed by atoms with Crippen molar-refractivity contribution >= 4 is 11.8 Å². The number of aromatic nitrogens is 2. The molecule has 1 atom stereocenters. The molecule has 4 heteroatoms. The number of thioether (sulfide) groups is 1. The Morgan fingerprint density at radius 3 is 2.89 bits per heavy atom. The molecule has 18 heavy (non-hydrogen) atoms. The Balaban J connectivity index is 1.88. The first-order valence-electron chi connectivity index (χ1n) is 6.95. The molecule has 1 aromatic rings. The van der Waals surface area contributed by atoms with Crippen LogP contribution in [0.5, 0.6) is 0 Å². The Hall–Kier alpha value is -0.610. The van der Waals surface area contributed by atoms with Crippen LogP contribution in [0, 0.1) is 12.8 Å². The van der Waals surface area contributed by atoms with Gasteiger partial charge in [0.2, 0.25) is 0 Å². The smallest absolute Gasteiger partial charge is 0.187 e. The van der Waals surface area contributed by atoms with Crippen molar-refractivity contribution in [2.24, 2.45) is 5.92 Å². The number of aryl methyl sites for hydroxylation is 1. The maximum absolute atomic E-state index is 4.46. The van der Waals surface area contributed by atoms with Crippen molar-refractivity contribution in [3.63, 3.8) is 0 Å². The summed E-state index contributed by atoms with van der Waals surface area (Å²) in [7, 11) is 0. The van der Waals surface area contributed by atoms with Gasteiger partial charge in [0.15, 0.2) is 5.16 Å². The van der Waals surface area contributed by atoms with Crippen molar-refractivity contribution < 1.29 is 0 Å². The largest absolute Gasteiger partial charge is 0.313 e. The lowest BCUT2D eigenvalue weighted by Gasteiger charge is -2.23. The summed E-state index contributed by atoms with van der Waals surface area (Å²) < 4.78 is 0. The summed E-state index contributed by atoms with van der Waals surface area (Å²) >= 11 is 1.78. The number of hydrogen-bond donors (Lipinski definition) is 1. The van der Waals surface area contributed by atoms with Crippen molar-refractivity contribution in [3.8, 4) is 0 Å². The van der Waals surface area contributed by atoms with Crippen LogP contribution in [0.1, 0.15) is 38.3 Å². The molecule has 0 aromatic carbocycles. The second-order valence-corrected chi connectivity index (χ2v) is 5.99. The molecule has 0 spiro atoms. The van der Waals surface area contributed by atoms with Gasteiger partial charge in [0.1, 0.15) is 0 Å². The standard InChI is InChI=1S/C14H23N3S/c1-3-15-13(12-6-4-5-7-12)10-18-14-16-9-8-11(2)17-14/h8-9,12-13,15H,3-7,10H2,1-2H3. The molecule has 1 aliphatic rings. The van der Waals surface area contributed by atoms with Crippen LogP contribution in [-0.2, 0) is 0 Å². The van der Waals surface area contributed by atoms with Crippen molar-refractivity contribution in [3.05, 3.63) is 18.0 Å². The monoisotopic (exact) mass is 265 g/mol. The molecule has 0 bridgehead atoms. The summed E-state index contributed by atoms with van der Waals surface area (Å²) in [6.45, 7) is 5.26. The van der Waals surface area contributed by atoms with Gasteiger partial charge in [-0.05, 0) is 38.3 Å². The molecular formula is C14H23N3S. The van der Waals surface area contributed by atoms with Crippen molar-refractivity contribution in [2.75, 3.05) is 12.3 Å². The second kappa shape index (κ2) is 7.10.